The Bertz CT molecular complexity index is 344. The van der Waals surface area contributed by atoms with Crippen molar-refractivity contribution in [2.75, 3.05) is 6.54 Å². The summed E-state index contributed by atoms with van der Waals surface area (Å²) >= 11 is 0. The van der Waals surface area contributed by atoms with Crippen molar-refractivity contribution in [1.29, 1.82) is 0 Å². The van der Waals surface area contributed by atoms with Crippen LogP contribution in [-0.2, 0) is 4.79 Å². The lowest BCUT2D eigenvalue weighted by molar-refractivity contribution is -0.138. The fraction of sp³-hybridized carbons (Fsp3) is 0.875. The van der Waals surface area contributed by atoms with Gasteiger partial charge in [-0.25, -0.2) is 4.79 Å². The first kappa shape index (κ1) is 17.8. The third kappa shape index (κ3) is 7.34. The summed E-state index contributed by atoms with van der Waals surface area (Å²) in [5.41, 5.74) is -0.279. The molecule has 0 radical (unpaired) electrons. The second-order valence-electron chi connectivity index (χ2n) is 7.21. The van der Waals surface area contributed by atoms with Crippen LogP contribution in [0, 0.1) is 11.3 Å². The number of hydrogen-bond acceptors (Lipinski definition) is 2. The molecule has 0 heterocycles. The number of carbonyl (C=O) groups is 2. The van der Waals surface area contributed by atoms with Crippen LogP contribution in [0.15, 0.2) is 0 Å². The molecule has 0 aromatic heterocycles. The molecule has 2 amide bonds. The number of hydrogen-bond donors (Lipinski definition) is 3. The molecule has 21 heavy (non-hydrogen) atoms. The predicted molar refractivity (Wildman–Crippen MR) is 83.2 cm³/mol. The molecule has 1 aliphatic carbocycles. The number of aliphatic carboxylic acids is 1. The van der Waals surface area contributed by atoms with Crippen LogP contribution in [0.5, 0.6) is 0 Å². The number of nitrogens with one attached hydrogen (secondary N) is 2. The third-order valence-corrected chi connectivity index (χ3v) is 4.29. The van der Waals surface area contributed by atoms with E-state index >= 15 is 0 Å². The molecule has 0 saturated heterocycles. The molecule has 1 unspecified atom stereocenters. The summed E-state index contributed by atoms with van der Waals surface area (Å²) in [6.45, 7) is 6.47. The average Bonchev–Trinajstić information content (AvgIpc) is 2.37. The molecule has 1 rings (SSSR count). The highest BCUT2D eigenvalue weighted by molar-refractivity contribution is 5.75. The smallest absolute Gasteiger partial charge is 0.315 e. The first-order valence-corrected chi connectivity index (χ1v) is 8.05. The van der Waals surface area contributed by atoms with Crippen molar-refractivity contribution >= 4 is 12.0 Å². The molecule has 5 nitrogen and oxygen atoms in total. The monoisotopic (exact) mass is 298 g/mol. The van der Waals surface area contributed by atoms with E-state index in [9.17, 15) is 9.59 Å². The van der Waals surface area contributed by atoms with Gasteiger partial charge >= 0.3 is 12.0 Å². The summed E-state index contributed by atoms with van der Waals surface area (Å²) < 4.78 is 0. The third-order valence-electron chi connectivity index (χ3n) is 4.29. The zero-order valence-electron chi connectivity index (χ0n) is 13.6. The van der Waals surface area contributed by atoms with Gasteiger partial charge in [0.25, 0.3) is 0 Å². The number of rotatable bonds is 6. The Labute approximate surface area is 127 Å². The summed E-state index contributed by atoms with van der Waals surface area (Å²) in [5.74, 6) is -0.158. The molecule has 122 valence electrons. The summed E-state index contributed by atoms with van der Waals surface area (Å²) in [6, 6.07) is -0.628. The molecule has 1 saturated carbocycles. The second-order valence-corrected chi connectivity index (χ2v) is 7.21. The van der Waals surface area contributed by atoms with Gasteiger partial charge in [0.15, 0.2) is 0 Å². The van der Waals surface area contributed by atoms with Crippen LogP contribution in [0.25, 0.3) is 0 Å². The molecule has 0 aromatic rings. The molecule has 0 aromatic carbocycles. The predicted octanol–water partition coefficient (Wildman–Crippen LogP) is 3.15. The minimum Gasteiger partial charge on any atom is -0.481 e. The van der Waals surface area contributed by atoms with E-state index in [1.807, 2.05) is 20.8 Å². The van der Waals surface area contributed by atoms with Crippen molar-refractivity contribution in [1.82, 2.24) is 10.6 Å². The minimum absolute atomic E-state index is 0.0560. The Morgan fingerprint density at radius 1 is 1.19 bits per heavy atom. The van der Waals surface area contributed by atoms with Gasteiger partial charge in [-0.1, -0.05) is 52.9 Å². The fourth-order valence-electron chi connectivity index (χ4n) is 2.82. The highest BCUT2D eigenvalue weighted by Crippen LogP contribution is 2.25. The van der Waals surface area contributed by atoms with Gasteiger partial charge in [0, 0.05) is 12.6 Å². The maximum absolute atomic E-state index is 11.9. The van der Waals surface area contributed by atoms with Crippen LogP contribution in [0.2, 0.25) is 0 Å². The van der Waals surface area contributed by atoms with Gasteiger partial charge in [0.1, 0.15) is 0 Å². The topological polar surface area (TPSA) is 78.4 Å². The molecular weight excluding hydrogens is 268 g/mol. The Balaban J connectivity index is 2.30. The molecule has 5 heteroatoms. The lowest BCUT2D eigenvalue weighted by Crippen LogP contribution is -2.49. The summed E-state index contributed by atoms with van der Waals surface area (Å²) in [4.78, 5) is 22.8. The molecule has 1 aliphatic rings. The number of amides is 2. The van der Waals surface area contributed by atoms with Crippen LogP contribution in [0.1, 0.15) is 65.7 Å². The van der Waals surface area contributed by atoms with E-state index in [2.05, 4.69) is 10.6 Å². The van der Waals surface area contributed by atoms with Crippen LogP contribution in [0.4, 0.5) is 4.79 Å². The van der Waals surface area contributed by atoms with Gasteiger partial charge in [0.05, 0.1) is 6.42 Å². The number of carboxylic acid groups (broad SMARTS) is 1. The SMILES string of the molecule is CC(C)(C)C(CC(=O)O)NC(=O)NCCC1CCCCC1. The van der Waals surface area contributed by atoms with Crippen LogP contribution in [0.3, 0.4) is 0 Å². The lowest BCUT2D eigenvalue weighted by Gasteiger charge is -2.30. The Kier molecular flexibility index (Phi) is 6.99. The molecule has 0 spiro atoms. The largest absolute Gasteiger partial charge is 0.481 e. The first-order valence-electron chi connectivity index (χ1n) is 8.05. The van der Waals surface area contributed by atoms with Crippen LogP contribution >= 0.6 is 0 Å². The summed E-state index contributed by atoms with van der Waals surface area (Å²) in [7, 11) is 0. The van der Waals surface area contributed by atoms with Gasteiger partial charge < -0.3 is 15.7 Å². The normalized spacial score (nSPS) is 18.0. The van der Waals surface area contributed by atoms with E-state index in [1.165, 1.54) is 32.1 Å². The second kappa shape index (κ2) is 8.25. The van der Waals surface area contributed by atoms with Crippen LogP contribution in [-0.4, -0.2) is 29.7 Å². The molecule has 1 fully saturated rings. The molecular formula is C16H30N2O3. The quantitative estimate of drug-likeness (QED) is 0.705. The van der Waals surface area contributed by atoms with Gasteiger partial charge in [0.2, 0.25) is 0 Å². The standard InChI is InChI=1S/C16H30N2O3/c1-16(2,3)13(11-14(19)20)18-15(21)17-10-9-12-7-5-4-6-8-12/h12-13H,4-11H2,1-3H3,(H,19,20)(H2,17,18,21). The molecule has 3 N–H and O–H groups in total. The average molecular weight is 298 g/mol. The number of carboxylic acids is 1. The van der Waals surface area contributed by atoms with E-state index in [1.54, 1.807) is 0 Å². The number of carbonyl (C=O) groups excluding carboxylic acids is 1. The van der Waals surface area contributed by atoms with Crippen molar-refractivity contribution in [2.24, 2.45) is 11.3 Å². The van der Waals surface area contributed by atoms with Crippen molar-refractivity contribution < 1.29 is 14.7 Å². The zero-order valence-corrected chi connectivity index (χ0v) is 13.6. The first-order chi connectivity index (χ1) is 9.79. The van der Waals surface area contributed by atoms with Crippen molar-refractivity contribution in [3.05, 3.63) is 0 Å². The number of urea groups is 1. The minimum atomic E-state index is -0.891. The maximum atomic E-state index is 11.9. The molecule has 0 aliphatic heterocycles. The Morgan fingerprint density at radius 3 is 2.33 bits per heavy atom. The highest BCUT2D eigenvalue weighted by Gasteiger charge is 2.28. The van der Waals surface area contributed by atoms with Crippen molar-refractivity contribution in [3.8, 4) is 0 Å². The molecule has 0 bridgehead atoms. The van der Waals surface area contributed by atoms with E-state index in [0.717, 1.165) is 12.3 Å². The van der Waals surface area contributed by atoms with Gasteiger partial charge in [-0.3, -0.25) is 4.79 Å². The lowest BCUT2D eigenvalue weighted by atomic mass is 9.85. The maximum Gasteiger partial charge on any atom is 0.315 e. The van der Waals surface area contributed by atoms with E-state index in [-0.39, 0.29) is 23.9 Å². The zero-order chi connectivity index (χ0) is 15.9. The summed E-state index contributed by atoms with van der Waals surface area (Å²) in [5, 5.41) is 14.6. The van der Waals surface area contributed by atoms with Gasteiger partial charge in [-0.15, -0.1) is 0 Å². The fourth-order valence-corrected chi connectivity index (χ4v) is 2.82. The van der Waals surface area contributed by atoms with Crippen molar-refractivity contribution in [3.63, 3.8) is 0 Å². The van der Waals surface area contributed by atoms with E-state index in [0.29, 0.717) is 6.54 Å². The van der Waals surface area contributed by atoms with Crippen molar-refractivity contribution in [2.45, 2.75) is 71.8 Å². The van der Waals surface area contributed by atoms with Gasteiger partial charge in [-0.2, -0.15) is 0 Å². The Morgan fingerprint density at radius 2 is 1.81 bits per heavy atom. The Hall–Kier alpha value is -1.26. The van der Waals surface area contributed by atoms with Crippen LogP contribution < -0.4 is 10.6 Å². The van der Waals surface area contributed by atoms with E-state index in [4.69, 9.17) is 5.11 Å². The van der Waals surface area contributed by atoms with Gasteiger partial charge in [-0.05, 0) is 17.8 Å². The molecule has 1 atom stereocenters. The highest BCUT2D eigenvalue weighted by atomic mass is 16.4. The van der Waals surface area contributed by atoms with E-state index < -0.39 is 5.97 Å². The summed E-state index contributed by atoms with van der Waals surface area (Å²) in [6.07, 6.45) is 7.46.